The Bertz CT molecular complexity index is 634. The van der Waals surface area contributed by atoms with Crippen LogP contribution in [0.2, 0.25) is 0 Å². The van der Waals surface area contributed by atoms with Gasteiger partial charge in [-0.2, -0.15) is 0 Å². The van der Waals surface area contributed by atoms with Crippen LogP contribution >= 0.6 is 0 Å². The standard InChI is InChI=1S/C18H23N3O3/c1-14(12-15-6-5-9-19-13-15)20-18(22)21-16-7-3-4-8-17(16)24-11-10-23-2/h3-9,13-14H,10-12H2,1-2H3,(H2,20,21,22). The number of hydrogen-bond acceptors (Lipinski definition) is 4. The van der Waals surface area contributed by atoms with Crippen molar-refractivity contribution in [1.82, 2.24) is 10.3 Å². The van der Waals surface area contributed by atoms with Crippen LogP contribution in [-0.2, 0) is 11.2 Å². The summed E-state index contributed by atoms with van der Waals surface area (Å²) in [6.45, 7) is 2.87. The molecule has 0 bridgehead atoms. The zero-order chi connectivity index (χ0) is 17.2. The van der Waals surface area contributed by atoms with Crippen molar-refractivity contribution in [2.75, 3.05) is 25.6 Å². The molecule has 0 saturated heterocycles. The Morgan fingerprint density at radius 3 is 2.79 bits per heavy atom. The first-order chi connectivity index (χ1) is 11.7. The molecule has 2 rings (SSSR count). The van der Waals surface area contributed by atoms with Crippen LogP contribution in [0.15, 0.2) is 48.8 Å². The summed E-state index contributed by atoms with van der Waals surface area (Å²) in [4.78, 5) is 16.3. The second-order valence-corrected chi connectivity index (χ2v) is 5.40. The van der Waals surface area contributed by atoms with Gasteiger partial charge in [0.1, 0.15) is 12.4 Å². The molecular formula is C18H23N3O3. The normalized spacial score (nSPS) is 11.6. The van der Waals surface area contributed by atoms with Crippen molar-refractivity contribution in [2.45, 2.75) is 19.4 Å². The average Bonchev–Trinajstić information content (AvgIpc) is 2.57. The van der Waals surface area contributed by atoms with Crippen LogP contribution in [0.25, 0.3) is 0 Å². The molecule has 1 aromatic heterocycles. The maximum atomic E-state index is 12.2. The highest BCUT2D eigenvalue weighted by Gasteiger charge is 2.11. The number of anilines is 1. The molecule has 2 aromatic rings. The van der Waals surface area contributed by atoms with Crippen molar-refractivity contribution in [3.05, 3.63) is 54.4 Å². The van der Waals surface area contributed by atoms with Crippen LogP contribution in [0.1, 0.15) is 12.5 Å². The summed E-state index contributed by atoms with van der Waals surface area (Å²) < 4.78 is 10.6. The van der Waals surface area contributed by atoms with Crippen molar-refractivity contribution in [1.29, 1.82) is 0 Å². The summed E-state index contributed by atoms with van der Waals surface area (Å²) in [7, 11) is 1.62. The smallest absolute Gasteiger partial charge is 0.319 e. The van der Waals surface area contributed by atoms with E-state index in [1.165, 1.54) is 0 Å². The number of hydrogen-bond donors (Lipinski definition) is 2. The quantitative estimate of drug-likeness (QED) is 0.731. The van der Waals surface area contributed by atoms with Crippen LogP contribution in [0.3, 0.4) is 0 Å². The fourth-order valence-corrected chi connectivity index (χ4v) is 2.24. The van der Waals surface area contributed by atoms with E-state index in [1.807, 2.05) is 37.3 Å². The summed E-state index contributed by atoms with van der Waals surface area (Å²) >= 11 is 0. The van der Waals surface area contributed by atoms with Gasteiger partial charge in [0.05, 0.1) is 12.3 Å². The van der Waals surface area contributed by atoms with E-state index in [0.29, 0.717) is 31.1 Å². The molecule has 0 fully saturated rings. The van der Waals surface area contributed by atoms with Crippen molar-refractivity contribution in [3.8, 4) is 5.75 Å². The van der Waals surface area contributed by atoms with Crippen LogP contribution in [0.4, 0.5) is 10.5 Å². The van der Waals surface area contributed by atoms with Crippen LogP contribution in [0, 0.1) is 0 Å². The number of carbonyl (C=O) groups excluding carboxylic acids is 1. The summed E-state index contributed by atoms with van der Waals surface area (Å²) in [6, 6.07) is 10.9. The first-order valence-corrected chi connectivity index (χ1v) is 7.86. The molecule has 1 unspecified atom stereocenters. The zero-order valence-electron chi connectivity index (χ0n) is 14.0. The molecule has 2 amide bonds. The fraction of sp³-hybridized carbons (Fsp3) is 0.333. The van der Waals surface area contributed by atoms with E-state index >= 15 is 0 Å². The Balaban J connectivity index is 1.87. The maximum Gasteiger partial charge on any atom is 0.319 e. The molecule has 0 spiro atoms. The lowest BCUT2D eigenvalue weighted by molar-refractivity contribution is 0.146. The Morgan fingerprint density at radius 1 is 1.21 bits per heavy atom. The van der Waals surface area contributed by atoms with Crippen molar-refractivity contribution >= 4 is 11.7 Å². The van der Waals surface area contributed by atoms with Crippen LogP contribution in [0.5, 0.6) is 5.75 Å². The van der Waals surface area contributed by atoms with Crippen LogP contribution < -0.4 is 15.4 Å². The molecular weight excluding hydrogens is 306 g/mol. The van der Waals surface area contributed by atoms with Gasteiger partial charge in [0.25, 0.3) is 0 Å². The van der Waals surface area contributed by atoms with Gasteiger partial charge in [0.15, 0.2) is 0 Å². The second kappa shape index (κ2) is 9.52. The molecule has 0 aliphatic carbocycles. The minimum Gasteiger partial charge on any atom is -0.489 e. The van der Waals surface area contributed by atoms with E-state index in [2.05, 4.69) is 15.6 Å². The largest absolute Gasteiger partial charge is 0.489 e. The molecule has 24 heavy (non-hydrogen) atoms. The Morgan fingerprint density at radius 2 is 2.04 bits per heavy atom. The lowest BCUT2D eigenvalue weighted by Crippen LogP contribution is -2.37. The van der Waals surface area contributed by atoms with Gasteiger partial charge in [-0.3, -0.25) is 4.98 Å². The third-order valence-electron chi connectivity index (χ3n) is 3.32. The van der Waals surface area contributed by atoms with Crippen molar-refractivity contribution in [2.24, 2.45) is 0 Å². The molecule has 6 heteroatoms. The minimum absolute atomic E-state index is 0.0178. The number of ether oxygens (including phenoxy) is 2. The number of benzene rings is 1. The fourth-order valence-electron chi connectivity index (χ4n) is 2.24. The van der Waals surface area contributed by atoms with Gasteiger partial charge >= 0.3 is 6.03 Å². The molecule has 1 atom stereocenters. The number of amides is 2. The molecule has 1 aromatic carbocycles. The molecule has 0 aliphatic heterocycles. The summed E-state index contributed by atoms with van der Waals surface area (Å²) in [5.74, 6) is 0.615. The second-order valence-electron chi connectivity index (χ2n) is 5.40. The molecule has 0 aliphatic rings. The highest BCUT2D eigenvalue weighted by Crippen LogP contribution is 2.23. The summed E-state index contributed by atoms with van der Waals surface area (Å²) in [6.07, 6.45) is 4.25. The molecule has 0 radical (unpaired) electrons. The van der Waals surface area contributed by atoms with E-state index in [9.17, 15) is 4.79 Å². The van der Waals surface area contributed by atoms with Gasteiger partial charge in [-0.25, -0.2) is 4.79 Å². The lowest BCUT2D eigenvalue weighted by atomic mass is 10.1. The number of para-hydroxylation sites is 2. The Hall–Kier alpha value is -2.60. The number of nitrogens with zero attached hydrogens (tertiary/aromatic N) is 1. The van der Waals surface area contributed by atoms with Gasteiger partial charge in [-0.1, -0.05) is 18.2 Å². The van der Waals surface area contributed by atoms with Gasteiger partial charge in [-0.15, -0.1) is 0 Å². The SMILES string of the molecule is COCCOc1ccccc1NC(=O)NC(C)Cc1cccnc1. The highest BCUT2D eigenvalue weighted by molar-refractivity contribution is 5.91. The van der Waals surface area contributed by atoms with Gasteiger partial charge in [0, 0.05) is 25.5 Å². The first-order valence-electron chi connectivity index (χ1n) is 7.86. The van der Waals surface area contributed by atoms with E-state index in [4.69, 9.17) is 9.47 Å². The van der Waals surface area contributed by atoms with E-state index in [0.717, 1.165) is 5.56 Å². The summed E-state index contributed by atoms with van der Waals surface area (Å²) in [5.41, 5.74) is 1.70. The molecule has 1 heterocycles. The molecule has 0 saturated carbocycles. The molecule has 128 valence electrons. The molecule has 2 N–H and O–H groups in total. The number of carbonyl (C=O) groups is 1. The van der Waals surface area contributed by atoms with Crippen molar-refractivity contribution in [3.63, 3.8) is 0 Å². The van der Waals surface area contributed by atoms with Crippen LogP contribution in [-0.4, -0.2) is 37.4 Å². The van der Waals surface area contributed by atoms with Crippen molar-refractivity contribution < 1.29 is 14.3 Å². The maximum absolute atomic E-state index is 12.2. The third-order valence-corrected chi connectivity index (χ3v) is 3.32. The Labute approximate surface area is 142 Å². The summed E-state index contributed by atoms with van der Waals surface area (Å²) in [5, 5.41) is 5.74. The number of nitrogens with one attached hydrogen (secondary N) is 2. The number of pyridine rings is 1. The number of aromatic nitrogens is 1. The number of urea groups is 1. The van der Waals surface area contributed by atoms with E-state index in [1.54, 1.807) is 25.6 Å². The van der Waals surface area contributed by atoms with E-state index < -0.39 is 0 Å². The lowest BCUT2D eigenvalue weighted by Gasteiger charge is -2.16. The predicted molar refractivity (Wildman–Crippen MR) is 93.4 cm³/mol. The van der Waals surface area contributed by atoms with E-state index in [-0.39, 0.29) is 12.1 Å². The topological polar surface area (TPSA) is 72.5 Å². The third kappa shape index (κ3) is 5.89. The van der Waals surface area contributed by atoms with Gasteiger partial charge in [-0.05, 0) is 37.1 Å². The van der Waals surface area contributed by atoms with Gasteiger partial charge < -0.3 is 20.1 Å². The predicted octanol–water partition coefficient (Wildman–Crippen LogP) is 2.86. The average molecular weight is 329 g/mol. The first kappa shape index (κ1) is 17.7. The number of methoxy groups -OCH3 is 1. The monoisotopic (exact) mass is 329 g/mol. The minimum atomic E-state index is -0.269. The van der Waals surface area contributed by atoms with Gasteiger partial charge in [0.2, 0.25) is 0 Å². The highest BCUT2D eigenvalue weighted by atomic mass is 16.5. The zero-order valence-corrected chi connectivity index (χ0v) is 14.0. The Kier molecular flexibility index (Phi) is 7.04. The number of rotatable bonds is 8. The molecule has 6 nitrogen and oxygen atoms in total.